The fourth-order valence-electron chi connectivity index (χ4n) is 3.86. The highest BCUT2D eigenvalue weighted by Gasteiger charge is 2.28. The molecule has 1 saturated heterocycles. The molecule has 0 unspecified atom stereocenters. The molecule has 168 valence electrons. The third-order valence-electron chi connectivity index (χ3n) is 5.38. The maximum atomic E-state index is 13.0. The summed E-state index contributed by atoms with van der Waals surface area (Å²) in [7, 11) is 0. The molecule has 0 saturated carbocycles. The van der Waals surface area contributed by atoms with Crippen LogP contribution in [0, 0.1) is 0 Å². The number of likely N-dealkylation sites (tertiary alicyclic amines) is 1. The fourth-order valence-corrected chi connectivity index (χ4v) is 3.86. The van der Waals surface area contributed by atoms with E-state index >= 15 is 0 Å². The largest absolute Gasteiger partial charge is 0.444 e. The van der Waals surface area contributed by atoms with E-state index in [0.29, 0.717) is 24.5 Å². The molecule has 1 aromatic carbocycles. The number of benzene rings is 1. The predicted octanol–water partition coefficient (Wildman–Crippen LogP) is 4.50. The van der Waals surface area contributed by atoms with Gasteiger partial charge in [0.2, 0.25) is 0 Å². The molecule has 0 spiro atoms. The summed E-state index contributed by atoms with van der Waals surface area (Å²) < 4.78 is 9.20. The Morgan fingerprint density at radius 1 is 1.06 bits per heavy atom. The fraction of sp³-hybridized carbons (Fsp3) is 0.375. The summed E-state index contributed by atoms with van der Waals surface area (Å²) in [5.74, 6) is -0.183. The van der Waals surface area contributed by atoms with Gasteiger partial charge in [-0.3, -0.25) is 4.79 Å². The van der Waals surface area contributed by atoms with E-state index in [1.54, 1.807) is 22.0 Å². The highest BCUT2D eigenvalue weighted by molar-refractivity contribution is 6.03. The zero-order valence-corrected chi connectivity index (χ0v) is 18.7. The molecule has 8 nitrogen and oxygen atoms in total. The van der Waals surface area contributed by atoms with Gasteiger partial charge in [0.25, 0.3) is 5.91 Å². The first-order chi connectivity index (χ1) is 15.3. The first-order valence-electron chi connectivity index (χ1n) is 10.9. The summed E-state index contributed by atoms with van der Waals surface area (Å²) in [5, 5.41) is 7.27. The number of anilines is 1. The van der Waals surface area contributed by atoms with Crippen LogP contribution in [-0.4, -0.2) is 49.9 Å². The van der Waals surface area contributed by atoms with Gasteiger partial charge in [0, 0.05) is 25.3 Å². The summed E-state index contributed by atoms with van der Waals surface area (Å²) >= 11 is 0. The summed E-state index contributed by atoms with van der Waals surface area (Å²) in [5.41, 5.74) is 1.64. The van der Waals surface area contributed by atoms with Crippen molar-refractivity contribution >= 4 is 17.7 Å². The van der Waals surface area contributed by atoms with Crippen LogP contribution < -0.4 is 5.32 Å². The van der Waals surface area contributed by atoms with Gasteiger partial charge in [0.1, 0.15) is 11.3 Å². The average molecular weight is 436 g/mol. The molecule has 0 aliphatic carbocycles. The van der Waals surface area contributed by atoms with Crippen molar-refractivity contribution in [3.63, 3.8) is 0 Å². The molecule has 1 aliphatic heterocycles. The molecule has 2 aromatic heterocycles. The van der Waals surface area contributed by atoms with E-state index in [-0.39, 0.29) is 18.0 Å². The van der Waals surface area contributed by atoms with Crippen LogP contribution in [0.15, 0.2) is 61.1 Å². The van der Waals surface area contributed by atoms with Crippen LogP contribution in [0.1, 0.15) is 50.1 Å². The number of amides is 2. The van der Waals surface area contributed by atoms with E-state index in [2.05, 4.69) is 10.4 Å². The smallest absolute Gasteiger partial charge is 0.410 e. The lowest BCUT2D eigenvalue weighted by atomic mass is 10.0. The molecule has 8 heteroatoms. The lowest BCUT2D eigenvalue weighted by Gasteiger charge is -2.34. The van der Waals surface area contributed by atoms with Crippen molar-refractivity contribution < 1.29 is 14.3 Å². The number of aromatic nitrogens is 3. The molecular weight excluding hydrogens is 406 g/mol. The third-order valence-corrected chi connectivity index (χ3v) is 5.38. The Morgan fingerprint density at radius 2 is 1.78 bits per heavy atom. The maximum absolute atomic E-state index is 13.0. The molecular formula is C24H29N5O3. The standard InChI is InChI=1S/C24H29N5O3/c1-24(2,3)32-23(31)27-14-11-19(12-15-27)28-13-7-10-21(28)22(30)26-18-16-25-29(17-18)20-8-5-4-6-9-20/h4-10,13,16-17,19H,11-12,14-15H2,1-3H3,(H,26,30). The molecule has 3 heterocycles. The van der Waals surface area contributed by atoms with Gasteiger partial charge in [-0.15, -0.1) is 0 Å². The lowest BCUT2D eigenvalue weighted by Crippen LogP contribution is -2.42. The quantitative estimate of drug-likeness (QED) is 0.654. The highest BCUT2D eigenvalue weighted by atomic mass is 16.6. The van der Waals surface area contributed by atoms with Crippen LogP contribution in [0.5, 0.6) is 0 Å². The Bertz CT molecular complexity index is 1070. The van der Waals surface area contributed by atoms with Gasteiger partial charge < -0.3 is 19.5 Å². The Kier molecular flexibility index (Phi) is 6.03. The minimum Gasteiger partial charge on any atom is -0.444 e. The van der Waals surface area contributed by atoms with Crippen molar-refractivity contribution in [2.75, 3.05) is 18.4 Å². The average Bonchev–Trinajstić information content (AvgIpc) is 3.43. The number of para-hydroxylation sites is 1. The molecule has 1 fully saturated rings. The maximum Gasteiger partial charge on any atom is 0.410 e. The number of carbonyl (C=O) groups excluding carboxylic acids is 2. The molecule has 0 radical (unpaired) electrons. The minimum atomic E-state index is -0.506. The second kappa shape index (κ2) is 8.90. The molecule has 0 bridgehead atoms. The molecule has 3 aromatic rings. The number of rotatable bonds is 4. The molecule has 2 amide bonds. The molecule has 32 heavy (non-hydrogen) atoms. The highest BCUT2D eigenvalue weighted by Crippen LogP contribution is 2.26. The number of nitrogens with one attached hydrogen (secondary N) is 1. The number of nitrogens with zero attached hydrogens (tertiary/aromatic N) is 4. The summed E-state index contributed by atoms with van der Waals surface area (Å²) in [6.07, 6.45) is 6.60. The summed E-state index contributed by atoms with van der Waals surface area (Å²) in [6, 6.07) is 13.6. The van der Waals surface area contributed by atoms with Gasteiger partial charge in [0.15, 0.2) is 0 Å². The Balaban J connectivity index is 1.38. The van der Waals surface area contributed by atoms with Crippen molar-refractivity contribution in [3.05, 3.63) is 66.7 Å². The lowest BCUT2D eigenvalue weighted by molar-refractivity contribution is 0.0187. The van der Waals surface area contributed by atoms with Gasteiger partial charge in [-0.05, 0) is 57.9 Å². The van der Waals surface area contributed by atoms with Gasteiger partial charge in [-0.25, -0.2) is 9.48 Å². The Labute approximate surface area is 187 Å². The topological polar surface area (TPSA) is 81.4 Å². The van der Waals surface area contributed by atoms with Crippen LogP contribution in [0.2, 0.25) is 0 Å². The van der Waals surface area contributed by atoms with Gasteiger partial charge in [0.05, 0.1) is 23.8 Å². The summed E-state index contributed by atoms with van der Waals surface area (Å²) in [6.45, 7) is 6.80. The number of hydrogen-bond acceptors (Lipinski definition) is 4. The van der Waals surface area contributed by atoms with Crippen LogP contribution >= 0.6 is 0 Å². The van der Waals surface area contributed by atoms with Crippen molar-refractivity contribution in [2.24, 2.45) is 0 Å². The molecule has 4 rings (SSSR count). The van der Waals surface area contributed by atoms with Crippen LogP contribution in [0.3, 0.4) is 0 Å². The van der Waals surface area contributed by atoms with E-state index in [9.17, 15) is 9.59 Å². The zero-order chi connectivity index (χ0) is 22.7. The zero-order valence-electron chi connectivity index (χ0n) is 18.7. The Morgan fingerprint density at radius 3 is 2.47 bits per heavy atom. The van der Waals surface area contributed by atoms with Crippen LogP contribution in [-0.2, 0) is 4.74 Å². The Hall–Kier alpha value is -3.55. The molecule has 0 atom stereocenters. The first kappa shape index (κ1) is 21.7. The third kappa shape index (κ3) is 5.01. The van der Waals surface area contributed by atoms with E-state index in [1.807, 2.05) is 74.0 Å². The van der Waals surface area contributed by atoms with Crippen molar-refractivity contribution in [2.45, 2.75) is 45.3 Å². The van der Waals surface area contributed by atoms with E-state index in [1.165, 1.54) is 0 Å². The summed E-state index contributed by atoms with van der Waals surface area (Å²) in [4.78, 5) is 27.0. The van der Waals surface area contributed by atoms with E-state index in [0.717, 1.165) is 18.5 Å². The van der Waals surface area contributed by atoms with Gasteiger partial charge in [-0.2, -0.15) is 5.10 Å². The van der Waals surface area contributed by atoms with Crippen molar-refractivity contribution in [1.29, 1.82) is 0 Å². The van der Waals surface area contributed by atoms with Crippen molar-refractivity contribution in [3.8, 4) is 5.69 Å². The van der Waals surface area contributed by atoms with Crippen LogP contribution in [0.25, 0.3) is 5.69 Å². The first-order valence-corrected chi connectivity index (χ1v) is 10.9. The van der Waals surface area contributed by atoms with Gasteiger partial charge >= 0.3 is 6.09 Å². The SMILES string of the molecule is CC(C)(C)OC(=O)N1CCC(n2cccc2C(=O)Nc2cnn(-c3ccccc3)c2)CC1. The molecule has 1 aliphatic rings. The second-order valence-corrected chi connectivity index (χ2v) is 8.96. The predicted molar refractivity (Wildman–Crippen MR) is 122 cm³/mol. The number of hydrogen-bond donors (Lipinski definition) is 1. The van der Waals surface area contributed by atoms with Gasteiger partial charge in [-0.1, -0.05) is 18.2 Å². The van der Waals surface area contributed by atoms with E-state index in [4.69, 9.17) is 4.74 Å². The second-order valence-electron chi connectivity index (χ2n) is 8.96. The van der Waals surface area contributed by atoms with Crippen molar-refractivity contribution in [1.82, 2.24) is 19.2 Å². The minimum absolute atomic E-state index is 0.150. The number of carbonyl (C=O) groups is 2. The monoisotopic (exact) mass is 435 g/mol. The molecule has 1 N–H and O–H groups in total. The number of piperidine rings is 1. The van der Waals surface area contributed by atoms with Crippen LogP contribution in [0.4, 0.5) is 10.5 Å². The number of ether oxygens (including phenoxy) is 1. The normalized spacial score (nSPS) is 14.9. The van der Waals surface area contributed by atoms with E-state index < -0.39 is 5.60 Å².